The second-order valence-corrected chi connectivity index (χ2v) is 6.43. The van der Waals surface area contributed by atoms with E-state index in [1.807, 2.05) is 20.8 Å². The number of carbonyl (C=O) groups excluding carboxylic acids is 1. The zero-order valence-electron chi connectivity index (χ0n) is 14.4. The smallest absolute Gasteiger partial charge is 0.410 e. The van der Waals surface area contributed by atoms with Crippen LogP contribution in [0.4, 0.5) is 4.79 Å². The molecule has 0 unspecified atom stereocenters. The van der Waals surface area contributed by atoms with Crippen molar-refractivity contribution < 1.29 is 9.53 Å². The molecule has 22 heavy (non-hydrogen) atoms. The Labute approximate surface area is 151 Å². The first kappa shape index (κ1) is 21.3. The number of guanidine groups is 1. The molecular weight excluding hydrogens is 395 g/mol. The van der Waals surface area contributed by atoms with Crippen LogP contribution in [0, 0.1) is 0 Å². The number of nitrogens with one attached hydrogen (secondary N) is 2. The zero-order valence-corrected chi connectivity index (χ0v) is 16.8. The van der Waals surface area contributed by atoms with E-state index >= 15 is 0 Å². The maximum Gasteiger partial charge on any atom is 0.410 e. The average molecular weight is 426 g/mol. The van der Waals surface area contributed by atoms with Crippen LogP contribution in [0.15, 0.2) is 4.99 Å². The highest BCUT2D eigenvalue weighted by atomic mass is 127. The fourth-order valence-corrected chi connectivity index (χ4v) is 2.02. The second kappa shape index (κ2) is 10.1. The second-order valence-electron chi connectivity index (χ2n) is 6.43. The van der Waals surface area contributed by atoms with E-state index in [4.69, 9.17) is 4.74 Å². The van der Waals surface area contributed by atoms with E-state index in [-0.39, 0.29) is 36.1 Å². The van der Waals surface area contributed by atoms with Crippen molar-refractivity contribution in [3.05, 3.63) is 0 Å². The maximum atomic E-state index is 11.8. The summed E-state index contributed by atoms with van der Waals surface area (Å²) in [5.74, 6) is 0.806. The molecule has 0 spiro atoms. The maximum absolute atomic E-state index is 11.8. The van der Waals surface area contributed by atoms with Gasteiger partial charge in [-0.25, -0.2) is 4.79 Å². The Kier molecular flexibility index (Phi) is 9.79. The number of halogens is 1. The van der Waals surface area contributed by atoms with Gasteiger partial charge in [-0.15, -0.1) is 24.0 Å². The van der Waals surface area contributed by atoms with Gasteiger partial charge < -0.3 is 20.3 Å². The Morgan fingerprint density at radius 2 is 1.95 bits per heavy atom. The number of carbonyl (C=O) groups is 1. The van der Waals surface area contributed by atoms with Crippen LogP contribution < -0.4 is 10.6 Å². The SMILES string of the molecule is CCCCCNC(=NC)NC1CN(C(=O)OC(C)(C)C)C1.I. The zero-order chi connectivity index (χ0) is 15.9. The highest BCUT2D eigenvalue weighted by Gasteiger charge is 2.34. The van der Waals surface area contributed by atoms with Gasteiger partial charge in [-0.2, -0.15) is 0 Å². The number of hydrogen-bond acceptors (Lipinski definition) is 3. The van der Waals surface area contributed by atoms with Crippen molar-refractivity contribution in [1.82, 2.24) is 15.5 Å². The van der Waals surface area contributed by atoms with E-state index in [9.17, 15) is 4.79 Å². The molecule has 7 heteroatoms. The fraction of sp³-hybridized carbons (Fsp3) is 0.867. The summed E-state index contributed by atoms with van der Waals surface area (Å²) < 4.78 is 5.33. The molecular formula is C15H31IN4O2. The minimum atomic E-state index is -0.438. The summed E-state index contributed by atoms with van der Waals surface area (Å²) >= 11 is 0. The number of rotatable bonds is 5. The molecule has 0 aromatic heterocycles. The Hall–Kier alpha value is -0.730. The van der Waals surface area contributed by atoms with E-state index in [2.05, 4.69) is 22.5 Å². The number of nitrogens with zero attached hydrogens (tertiary/aromatic N) is 2. The molecule has 2 N–H and O–H groups in total. The first-order chi connectivity index (χ1) is 9.85. The number of aliphatic imine (C=N–C) groups is 1. The Morgan fingerprint density at radius 3 is 2.45 bits per heavy atom. The summed E-state index contributed by atoms with van der Waals surface area (Å²) in [6.45, 7) is 10.1. The van der Waals surface area contributed by atoms with E-state index in [0.717, 1.165) is 18.9 Å². The summed E-state index contributed by atoms with van der Waals surface area (Å²) in [4.78, 5) is 17.7. The predicted octanol–water partition coefficient (Wildman–Crippen LogP) is 2.58. The number of amides is 1. The lowest BCUT2D eigenvalue weighted by Crippen LogP contribution is -2.63. The molecule has 0 aliphatic carbocycles. The average Bonchev–Trinajstić information content (AvgIpc) is 2.33. The van der Waals surface area contributed by atoms with Gasteiger partial charge in [0, 0.05) is 26.7 Å². The lowest BCUT2D eigenvalue weighted by molar-refractivity contribution is 0.00701. The van der Waals surface area contributed by atoms with E-state index in [1.54, 1.807) is 11.9 Å². The van der Waals surface area contributed by atoms with Crippen molar-refractivity contribution in [2.24, 2.45) is 4.99 Å². The van der Waals surface area contributed by atoms with Gasteiger partial charge in [-0.3, -0.25) is 4.99 Å². The minimum absolute atomic E-state index is 0. The van der Waals surface area contributed by atoms with Crippen LogP contribution >= 0.6 is 24.0 Å². The van der Waals surface area contributed by atoms with Gasteiger partial charge in [-0.1, -0.05) is 19.8 Å². The van der Waals surface area contributed by atoms with Gasteiger partial charge >= 0.3 is 6.09 Å². The number of unbranched alkanes of at least 4 members (excludes halogenated alkanes) is 2. The molecule has 0 aromatic rings. The predicted molar refractivity (Wildman–Crippen MR) is 101 cm³/mol. The third-order valence-corrected chi connectivity index (χ3v) is 3.17. The first-order valence-corrected chi connectivity index (χ1v) is 7.81. The lowest BCUT2D eigenvalue weighted by atomic mass is 10.1. The van der Waals surface area contributed by atoms with Crippen molar-refractivity contribution in [2.75, 3.05) is 26.7 Å². The van der Waals surface area contributed by atoms with Gasteiger partial charge in [0.1, 0.15) is 5.60 Å². The summed E-state index contributed by atoms with van der Waals surface area (Å²) in [5.41, 5.74) is -0.438. The van der Waals surface area contributed by atoms with Crippen LogP contribution in [-0.2, 0) is 4.74 Å². The molecule has 1 amide bonds. The summed E-state index contributed by atoms with van der Waals surface area (Å²) in [6, 6.07) is 0.245. The summed E-state index contributed by atoms with van der Waals surface area (Å²) in [5, 5.41) is 6.61. The number of hydrogen-bond donors (Lipinski definition) is 2. The molecule has 0 atom stereocenters. The van der Waals surface area contributed by atoms with Gasteiger partial charge in [0.2, 0.25) is 0 Å². The van der Waals surface area contributed by atoms with Crippen molar-refractivity contribution >= 4 is 36.0 Å². The van der Waals surface area contributed by atoms with Crippen LogP contribution in [0.1, 0.15) is 47.0 Å². The van der Waals surface area contributed by atoms with Crippen LogP contribution in [0.2, 0.25) is 0 Å². The lowest BCUT2D eigenvalue weighted by Gasteiger charge is -2.40. The van der Waals surface area contributed by atoms with E-state index in [0.29, 0.717) is 13.1 Å². The van der Waals surface area contributed by atoms with Gasteiger partial charge in [0.25, 0.3) is 0 Å². The normalized spacial score (nSPS) is 15.7. The summed E-state index contributed by atoms with van der Waals surface area (Å²) in [6.07, 6.45) is 3.33. The Balaban J connectivity index is 0.00000441. The third kappa shape index (κ3) is 8.05. The standard InChI is InChI=1S/C15H30N4O2.HI/c1-6-7-8-9-17-13(16-5)18-12-10-19(11-12)14(20)21-15(2,3)4;/h12H,6-11H2,1-5H3,(H2,16,17,18);1H. The van der Waals surface area contributed by atoms with Crippen LogP contribution in [0.25, 0.3) is 0 Å². The van der Waals surface area contributed by atoms with E-state index in [1.165, 1.54) is 12.8 Å². The molecule has 0 bridgehead atoms. The molecule has 0 radical (unpaired) electrons. The quantitative estimate of drug-likeness (QED) is 0.307. The van der Waals surface area contributed by atoms with Gasteiger partial charge in [0.15, 0.2) is 5.96 Å². The molecule has 0 aromatic carbocycles. The monoisotopic (exact) mass is 426 g/mol. The molecule has 130 valence electrons. The topological polar surface area (TPSA) is 66.0 Å². The van der Waals surface area contributed by atoms with Crippen LogP contribution in [0.5, 0.6) is 0 Å². The number of likely N-dealkylation sites (tertiary alicyclic amines) is 1. The number of ether oxygens (including phenoxy) is 1. The first-order valence-electron chi connectivity index (χ1n) is 7.81. The summed E-state index contributed by atoms with van der Waals surface area (Å²) in [7, 11) is 1.76. The molecule has 1 rings (SSSR count). The highest BCUT2D eigenvalue weighted by molar-refractivity contribution is 14.0. The highest BCUT2D eigenvalue weighted by Crippen LogP contribution is 2.15. The minimum Gasteiger partial charge on any atom is -0.444 e. The Bertz CT molecular complexity index is 363. The van der Waals surface area contributed by atoms with Crippen LogP contribution in [0.3, 0.4) is 0 Å². The van der Waals surface area contributed by atoms with Crippen molar-refractivity contribution in [3.8, 4) is 0 Å². The molecule has 0 saturated carbocycles. The molecule has 1 fully saturated rings. The Morgan fingerprint density at radius 1 is 1.32 bits per heavy atom. The van der Waals surface area contributed by atoms with Gasteiger partial charge in [0.05, 0.1) is 6.04 Å². The molecule has 1 heterocycles. The van der Waals surface area contributed by atoms with E-state index < -0.39 is 5.60 Å². The van der Waals surface area contributed by atoms with Crippen molar-refractivity contribution in [1.29, 1.82) is 0 Å². The molecule has 1 saturated heterocycles. The van der Waals surface area contributed by atoms with Crippen molar-refractivity contribution in [3.63, 3.8) is 0 Å². The molecule has 1 aliphatic rings. The van der Waals surface area contributed by atoms with Gasteiger partial charge in [-0.05, 0) is 27.2 Å². The van der Waals surface area contributed by atoms with Crippen LogP contribution in [-0.4, -0.2) is 55.3 Å². The molecule has 6 nitrogen and oxygen atoms in total. The molecule has 1 aliphatic heterocycles. The third-order valence-electron chi connectivity index (χ3n) is 3.17. The fourth-order valence-electron chi connectivity index (χ4n) is 2.02. The largest absolute Gasteiger partial charge is 0.444 e. The van der Waals surface area contributed by atoms with Crippen molar-refractivity contribution in [2.45, 2.75) is 58.6 Å².